The zero-order valence-corrected chi connectivity index (χ0v) is 10.2. The predicted molar refractivity (Wildman–Crippen MR) is 59.5 cm³/mol. The van der Waals surface area contributed by atoms with E-state index in [1.54, 1.807) is 26.0 Å². The van der Waals surface area contributed by atoms with Crippen molar-refractivity contribution in [1.29, 1.82) is 0 Å². The quantitative estimate of drug-likeness (QED) is 0.674. The summed E-state index contributed by atoms with van der Waals surface area (Å²) in [5, 5.41) is 2.82. The zero-order chi connectivity index (χ0) is 12.0. The zero-order valence-electron chi connectivity index (χ0n) is 10.2. The molecule has 1 N–H and O–H groups in total. The lowest BCUT2D eigenvalue weighted by molar-refractivity contribution is -0.130. The molecule has 0 bridgehead atoms. The Morgan fingerprint density at radius 1 is 1.07 bits per heavy atom. The molecule has 0 unspecified atom stereocenters. The van der Waals surface area contributed by atoms with Gasteiger partial charge in [0.15, 0.2) is 0 Å². The minimum absolute atomic E-state index is 0.00319. The summed E-state index contributed by atoms with van der Waals surface area (Å²) >= 11 is 0. The van der Waals surface area contributed by atoms with Gasteiger partial charge in [-0.15, -0.1) is 0 Å². The SMILES string of the molecule is CC(C)N(C)C(=O)CNCC(=O)N(C)C. The van der Waals surface area contributed by atoms with Crippen molar-refractivity contribution in [1.82, 2.24) is 15.1 Å². The highest BCUT2D eigenvalue weighted by molar-refractivity contribution is 5.81. The first kappa shape index (κ1) is 13.9. The summed E-state index contributed by atoms with van der Waals surface area (Å²) in [6, 6.07) is 0.184. The average Bonchev–Trinajstić information content (AvgIpc) is 2.15. The Labute approximate surface area is 91.4 Å². The summed E-state index contributed by atoms with van der Waals surface area (Å²) in [5.41, 5.74) is 0. The molecule has 0 saturated heterocycles. The van der Waals surface area contributed by atoms with E-state index in [1.807, 2.05) is 13.8 Å². The Morgan fingerprint density at radius 2 is 1.53 bits per heavy atom. The van der Waals surface area contributed by atoms with Crippen LogP contribution in [0.4, 0.5) is 0 Å². The highest BCUT2D eigenvalue weighted by Crippen LogP contribution is 1.92. The normalized spacial score (nSPS) is 10.3. The Hall–Kier alpha value is -1.10. The first-order valence-electron chi connectivity index (χ1n) is 5.02. The fourth-order valence-corrected chi connectivity index (χ4v) is 0.847. The highest BCUT2D eigenvalue weighted by Gasteiger charge is 2.11. The van der Waals surface area contributed by atoms with Crippen LogP contribution in [0, 0.1) is 0 Å². The van der Waals surface area contributed by atoms with Gasteiger partial charge in [-0.3, -0.25) is 14.9 Å². The Bertz CT molecular complexity index is 227. The minimum Gasteiger partial charge on any atom is -0.348 e. The number of likely N-dealkylation sites (N-methyl/N-ethyl adjacent to an activating group) is 2. The van der Waals surface area contributed by atoms with E-state index in [4.69, 9.17) is 0 Å². The lowest BCUT2D eigenvalue weighted by Gasteiger charge is -2.21. The second-order valence-corrected chi connectivity index (χ2v) is 3.99. The van der Waals surface area contributed by atoms with Crippen molar-refractivity contribution in [2.24, 2.45) is 0 Å². The van der Waals surface area contributed by atoms with Crippen LogP contribution in [0.2, 0.25) is 0 Å². The van der Waals surface area contributed by atoms with E-state index >= 15 is 0 Å². The number of amides is 2. The van der Waals surface area contributed by atoms with Crippen LogP contribution in [0.1, 0.15) is 13.8 Å². The molecule has 0 aromatic heterocycles. The second kappa shape index (κ2) is 6.40. The highest BCUT2D eigenvalue weighted by atomic mass is 16.2. The number of nitrogens with one attached hydrogen (secondary N) is 1. The summed E-state index contributed by atoms with van der Waals surface area (Å²) in [5.74, 6) is -0.0356. The van der Waals surface area contributed by atoms with Gasteiger partial charge in [0.1, 0.15) is 0 Å². The van der Waals surface area contributed by atoms with Crippen molar-refractivity contribution in [3.63, 3.8) is 0 Å². The maximum absolute atomic E-state index is 11.5. The average molecular weight is 215 g/mol. The molecule has 5 heteroatoms. The number of carbonyl (C=O) groups is 2. The molecule has 0 rings (SSSR count). The summed E-state index contributed by atoms with van der Waals surface area (Å²) < 4.78 is 0. The van der Waals surface area contributed by atoms with E-state index in [0.29, 0.717) is 0 Å². The van der Waals surface area contributed by atoms with Gasteiger partial charge in [-0.05, 0) is 13.8 Å². The maximum Gasteiger partial charge on any atom is 0.236 e. The second-order valence-electron chi connectivity index (χ2n) is 3.99. The van der Waals surface area contributed by atoms with Crippen molar-refractivity contribution in [3.05, 3.63) is 0 Å². The topological polar surface area (TPSA) is 52.7 Å². The molecule has 0 heterocycles. The van der Waals surface area contributed by atoms with Crippen molar-refractivity contribution >= 4 is 11.8 Å². The molecule has 2 amide bonds. The van der Waals surface area contributed by atoms with Gasteiger partial charge < -0.3 is 9.80 Å². The maximum atomic E-state index is 11.5. The summed E-state index contributed by atoms with van der Waals surface area (Å²) in [6.07, 6.45) is 0. The summed E-state index contributed by atoms with van der Waals surface area (Å²) in [7, 11) is 5.13. The molecule has 0 spiro atoms. The standard InChI is InChI=1S/C10H21N3O2/c1-8(2)13(5)10(15)7-11-6-9(14)12(3)4/h8,11H,6-7H2,1-5H3. The summed E-state index contributed by atoms with van der Waals surface area (Å²) in [6.45, 7) is 4.30. The summed E-state index contributed by atoms with van der Waals surface area (Å²) in [4.78, 5) is 25.8. The Morgan fingerprint density at radius 3 is 1.93 bits per heavy atom. The van der Waals surface area contributed by atoms with Crippen LogP contribution in [-0.2, 0) is 9.59 Å². The van der Waals surface area contributed by atoms with Crippen molar-refractivity contribution in [2.75, 3.05) is 34.2 Å². The van der Waals surface area contributed by atoms with E-state index in [-0.39, 0.29) is 30.9 Å². The third-order valence-electron chi connectivity index (χ3n) is 2.22. The lowest BCUT2D eigenvalue weighted by atomic mass is 10.3. The van der Waals surface area contributed by atoms with Crippen molar-refractivity contribution < 1.29 is 9.59 Å². The van der Waals surface area contributed by atoms with Crippen LogP contribution in [0.5, 0.6) is 0 Å². The molecule has 0 aliphatic heterocycles. The molecule has 0 saturated carbocycles. The molecule has 0 aliphatic rings. The van der Waals surface area contributed by atoms with Gasteiger partial charge in [0.25, 0.3) is 0 Å². The molecule has 0 radical (unpaired) electrons. The first-order valence-corrected chi connectivity index (χ1v) is 5.02. The Kier molecular flexibility index (Phi) is 5.93. The molecule has 15 heavy (non-hydrogen) atoms. The molecule has 0 atom stereocenters. The van der Waals surface area contributed by atoms with Crippen LogP contribution < -0.4 is 5.32 Å². The third kappa shape index (κ3) is 5.37. The monoisotopic (exact) mass is 215 g/mol. The smallest absolute Gasteiger partial charge is 0.236 e. The van der Waals surface area contributed by atoms with Gasteiger partial charge in [0.2, 0.25) is 11.8 Å². The van der Waals surface area contributed by atoms with Crippen molar-refractivity contribution in [2.45, 2.75) is 19.9 Å². The van der Waals surface area contributed by atoms with Gasteiger partial charge in [-0.2, -0.15) is 0 Å². The van der Waals surface area contributed by atoms with Crippen LogP contribution in [-0.4, -0.2) is 61.9 Å². The molecule has 5 nitrogen and oxygen atoms in total. The van der Waals surface area contributed by atoms with E-state index in [0.717, 1.165) is 0 Å². The van der Waals surface area contributed by atoms with Gasteiger partial charge >= 0.3 is 0 Å². The first-order chi connectivity index (χ1) is 6.86. The number of carbonyl (C=O) groups excluding carboxylic acids is 2. The third-order valence-corrected chi connectivity index (χ3v) is 2.22. The molecular formula is C10H21N3O2. The molecule has 0 fully saturated rings. The fourth-order valence-electron chi connectivity index (χ4n) is 0.847. The number of nitrogens with zero attached hydrogens (tertiary/aromatic N) is 2. The number of hydrogen-bond acceptors (Lipinski definition) is 3. The van der Waals surface area contributed by atoms with E-state index in [2.05, 4.69) is 5.32 Å². The van der Waals surface area contributed by atoms with Gasteiger partial charge in [0.05, 0.1) is 13.1 Å². The van der Waals surface area contributed by atoms with E-state index in [1.165, 1.54) is 4.90 Å². The predicted octanol–water partition coefficient (Wildman–Crippen LogP) is -0.469. The minimum atomic E-state index is -0.0324. The van der Waals surface area contributed by atoms with Crippen LogP contribution >= 0.6 is 0 Å². The van der Waals surface area contributed by atoms with E-state index in [9.17, 15) is 9.59 Å². The van der Waals surface area contributed by atoms with E-state index < -0.39 is 0 Å². The largest absolute Gasteiger partial charge is 0.348 e. The molecule has 0 aromatic rings. The molecule has 0 aromatic carbocycles. The number of rotatable bonds is 5. The Balaban J connectivity index is 3.78. The van der Waals surface area contributed by atoms with Crippen LogP contribution in [0.25, 0.3) is 0 Å². The van der Waals surface area contributed by atoms with Gasteiger partial charge in [0, 0.05) is 27.2 Å². The molecular weight excluding hydrogens is 194 g/mol. The van der Waals surface area contributed by atoms with Gasteiger partial charge in [-0.1, -0.05) is 0 Å². The van der Waals surface area contributed by atoms with Crippen molar-refractivity contribution in [3.8, 4) is 0 Å². The van der Waals surface area contributed by atoms with Crippen LogP contribution in [0.3, 0.4) is 0 Å². The fraction of sp³-hybridized carbons (Fsp3) is 0.800. The van der Waals surface area contributed by atoms with Crippen LogP contribution in [0.15, 0.2) is 0 Å². The molecule has 88 valence electrons. The molecule has 0 aliphatic carbocycles. The number of hydrogen-bond donors (Lipinski definition) is 1. The lowest BCUT2D eigenvalue weighted by Crippen LogP contribution is -2.42. The van der Waals surface area contributed by atoms with Gasteiger partial charge in [-0.25, -0.2) is 0 Å².